The highest BCUT2D eigenvalue weighted by molar-refractivity contribution is 6.10. The summed E-state index contributed by atoms with van der Waals surface area (Å²) in [5.41, 5.74) is 2.72. The van der Waals surface area contributed by atoms with Crippen molar-refractivity contribution in [3.8, 4) is 0 Å². The molecule has 0 unspecified atom stereocenters. The number of aryl methyl sites for hydroxylation is 2. The van der Waals surface area contributed by atoms with Crippen molar-refractivity contribution < 1.29 is 19.1 Å². The molecule has 3 rings (SSSR count). The van der Waals surface area contributed by atoms with Gasteiger partial charge in [-0.3, -0.25) is 0 Å². The Morgan fingerprint density at radius 1 is 1.05 bits per heavy atom. The van der Waals surface area contributed by atoms with Gasteiger partial charge in [-0.25, -0.2) is 9.59 Å². The summed E-state index contributed by atoms with van der Waals surface area (Å²) < 4.78 is 9.63. The summed E-state index contributed by atoms with van der Waals surface area (Å²) in [6.07, 6.45) is 1.62. The second-order valence-corrected chi connectivity index (χ2v) is 4.78. The Labute approximate surface area is 116 Å². The van der Waals surface area contributed by atoms with Crippen LogP contribution < -0.4 is 0 Å². The van der Waals surface area contributed by atoms with Gasteiger partial charge < -0.3 is 9.47 Å². The standard InChI is InChI=1S/C16H14O4/c1-19-15(17)12-8-10-5-3-4-9-6-7-11(13(9)10)14(12)16(18)20-2/h3-5,8H,6-7H2,1-2H3. The van der Waals surface area contributed by atoms with E-state index in [2.05, 4.69) is 6.07 Å². The fourth-order valence-electron chi connectivity index (χ4n) is 2.95. The fourth-order valence-corrected chi connectivity index (χ4v) is 2.95. The van der Waals surface area contributed by atoms with E-state index in [9.17, 15) is 9.59 Å². The fraction of sp³-hybridized carbons (Fsp3) is 0.250. The highest BCUT2D eigenvalue weighted by Crippen LogP contribution is 2.35. The molecule has 2 aromatic rings. The highest BCUT2D eigenvalue weighted by Gasteiger charge is 2.28. The van der Waals surface area contributed by atoms with Crippen molar-refractivity contribution >= 4 is 22.7 Å². The van der Waals surface area contributed by atoms with Gasteiger partial charge in [0, 0.05) is 0 Å². The van der Waals surface area contributed by atoms with Gasteiger partial charge in [-0.15, -0.1) is 0 Å². The van der Waals surface area contributed by atoms with E-state index < -0.39 is 11.9 Å². The van der Waals surface area contributed by atoms with Crippen LogP contribution in [0, 0.1) is 0 Å². The van der Waals surface area contributed by atoms with Crippen LogP contribution in [-0.4, -0.2) is 26.2 Å². The third kappa shape index (κ3) is 1.68. The average Bonchev–Trinajstić information content (AvgIpc) is 2.91. The summed E-state index contributed by atoms with van der Waals surface area (Å²) in [5.74, 6) is -1.00. The number of carbonyl (C=O) groups excluding carboxylic acids is 2. The third-order valence-corrected chi connectivity index (χ3v) is 3.79. The van der Waals surface area contributed by atoms with Crippen molar-refractivity contribution in [2.45, 2.75) is 12.8 Å². The molecule has 0 heterocycles. The van der Waals surface area contributed by atoms with Crippen LogP contribution in [0.2, 0.25) is 0 Å². The Bertz CT molecular complexity index is 731. The molecule has 2 aromatic carbocycles. The largest absolute Gasteiger partial charge is 0.465 e. The first-order valence-corrected chi connectivity index (χ1v) is 6.41. The molecule has 0 N–H and O–H groups in total. The Morgan fingerprint density at radius 3 is 2.50 bits per heavy atom. The van der Waals surface area contributed by atoms with Gasteiger partial charge in [0.25, 0.3) is 0 Å². The second-order valence-electron chi connectivity index (χ2n) is 4.78. The molecule has 1 aliphatic carbocycles. The summed E-state index contributed by atoms with van der Waals surface area (Å²) in [7, 11) is 2.63. The molecule has 0 bridgehead atoms. The average molecular weight is 270 g/mol. The molecule has 0 aromatic heterocycles. The number of benzene rings is 2. The van der Waals surface area contributed by atoms with Gasteiger partial charge in [-0.1, -0.05) is 18.2 Å². The van der Waals surface area contributed by atoms with E-state index in [-0.39, 0.29) is 5.56 Å². The number of esters is 2. The lowest BCUT2D eigenvalue weighted by molar-refractivity contribution is 0.0554. The number of carbonyl (C=O) groups is 2. The molecule has 0 atom stereocenters. The molecule has 4 heteroatoms. The normalized spacial score (nSPS) is 12.5. The number of rotatable bonds is 2. The lowest BCUT2D eigenvalue weighted by Crippen LogP contribution is -2.14. The zero-order valence-electron chi connectivity index (χ0n) is 11.4. The minimum atomic E-state index is -0.513. The van der Waals surface area contributed by atoms with Crippen LogP contribution in [0.5, 0.6) is 0 Å². The summed E-state index contributed by atoms with van der Waals surface area (Å²) in [6.45, 7) is 0. The van der Waals surface area contributed by atoms with Crippen LogP contribution in [0.1, 0.15) is 31.8 Å². The molecule has 0 saturated heterocycles. The minimum Gasteiger partial charge on any atom is -0.465 e. The summed E-state index contributed by atoms with van der Waals surface area (Å²) in [4.78, 5) is 24.0. The maximum atomic E-state index is 12.1. The Morgan fingerprint density at radius 2 is 1.80 bits per heavy atom. The Balaban J connectivity index is 2.40. The molecule has 0 fully saturated rings. The first-order chi connectivity index (χ1) is 9.67. The number of methoxy groups -OCH3 is 2. The van der Waals surface area contributed by atoms with Gasteiger partial charge in [-0.05, 0) is 40.8 Å². The molecular formula is C16H14O4. The molecule has 0 amide bonds. The van der Waals surface area contributed by atoms with Crippen LogP contribution in [0.15, 0.2) is 24.3 Å². The molecule has 0 radical (unpaired) electrons. The maximum Gasteiger partial charge on any atom is 0.339 e. The van der Waals surface area contributed by atoms with E-state index in [1.807, 2.05) is 12.1 Å². The third-order valence-electron chi connectivity index (χ3n) is 3.79. The van der Waals surface area contributed by atoms with E-state index in [0.717, 1.165) is 29.2 Å². The number of ether oxygens (including phenoxy) is 2. The molecule has 0 saturated carbocycles. The van der Waals surface area contributed by atoms with Crippen LogP contribution in [-0.2, 0) is 22.3 Å². The molecule has 0 aliphatic heterocycles. The lowest BCUT2D eigenvalue weighted by atomic mass is 9.95. The van der Waals surface area contributed by atoms with Gasteiger partial charge in [0.2, 0.25) is 0 Å². The maximum absolute atomic E-state index is 12.1. The quantitative estimate of drug-likeness (QED) is 0.787. The van der Waals surface area contributed by atoms with Crippen molar-refractivity contribution in [2.75, 3.05) is 14.2 Å². The first-order valence-electron chi connectivity index (χ1n) is 6.41. The molecule has 1 aliphatic rings. The lowest BCUT2D eigenvalue weighted by Gasteiger charge is -2.12. The summed E-state index contributed by atoms with van der Waals surface area (Å²) in [5, 5.41) is 2.03. The Kier molecular flexibility index (Phi) is 2.93. The van der Waals surface area contributed by atoms with Gasteiger partial charge >= 0.3 is 11.9 Å². The van der Waals surface area contributed by atoms with Crippen molar-refractivity contribution in [3.63, 3.8) is 0 Å². The van der Waals surface area contributed by atoms with E-state index in [1.165, 1.54) is 19.8 Å². The SMILES string of the molecule is COC(=O)c1cc2cccc3c2c(c1C(=O)OC)CC3. The predicted octanol–water partition coefficient (Wildman–Crippen LogP) is 2.51. The molecule has 20 heavy (non-hydrogen) atoms. The Hall–Kier alpha value is -2.36. The smallest absolute Gasteiger partial charge is 0.339 e. The minimum absolute atomic E-state index is 0.279. The highest BCUT2D eigenvalue weighted by atomic mass is 16.5. The summed E-state index contributed by atoms with van der Waals surface area (Å²) in [6, 6.07) is 7.68. The van der Waals surface area contributed by atoms with E-state index >= 15 is 0 Å². The van der Waals surface area contributed by atoms with Crippen molar-refractivity contribution in [1.29, 1.82) is 0 Å². The van der Waals surface area contributed by atoms with Crippen LogP contribution in [0.25, 0.3) is 10.8 Å². The second kappa shape index (κ2) is 4.63. The topological polar surface area (TPSA) is 52.6 Å². The van der Waals surface area contributed by atoms with E-state index in [4.69, 9.17) is 9.47 Å². The van der Waals surface area contributed by atoms with Gasteiger partial charge in [0.05, 0.1) is 25.3 Å². The zero-order valence-corrected chi connectivity index (χ0v) is 11.4. The van der Waals surface area contributed by atoms with Gasteiger partial charge in [-0.2, -0.15) is 0 Å². The van der Waals surface area contributed by atoms with Crippen molar-refractivity contribution in [3.05, 3.63) is 46.5 Å². The van der Waals surface area contributed by atoms with E-state index in [1.54, 1.807) is 6.07 Å². The van der Waals surface area contributed by atoms with Gasteiger partial charge in [0.15, 0.2) is 0 Å². The monoisotopic (exact) mass is 270 g/mol. The predicted molar refractivity (Wildman–Crippen MR) is 74.0 cm³/mol. The van der Waals surface area contributed by atoms with Crippen LogP contribution in [0.3, 0.4) is 0 Å². The number of hydrogen-bond acceptors (Lipinski definition) is 4. The summed E-state index contributed by atoms with van der Waals surface area (Å²) >= 11 is 0. The molecule has 4 nitrogen and oxygen atoms in total. The number of hydrogen-bond donors (Lipinski definition) is 0. The zero-order chi connectivity index (χ0) is 14.3. The van der Waals surface area contributed by atoms with Crippen LogP contribution in [0.4, 0.5) is 0 Å². The molecular weight excluding hydrogens is 256 g/mol. The van der Waals surface area contributed by atoms with Gasteiger partial charge in [0.1, 0.15) is 0 Å². The molecule has 0 spiro atoms. The van der Waals surface area contributed by atoms with E-state index in [0.29, 0.717) is 5.56 Å². The van der Waals surface area contributed by atoms with Crippen molar-refractivity contribution in [2.24, 2.45) is 0 Å². The molecule has 102 valence electrons. The van der Waals surface area contributed by atoms with Crippen molar-refractivity contribution in [1.82, 2.24) is 0 Å². The van der Waals surface area contributed by atoms with Crippen LogP contribution >= 0.6 is 0 Å². The first kappa shape index (κ1) is 12.7.